The largest absolute Gasteiger partial charge is 0.438 e. The predicted octanol–water partition coefficient (Wildman–Crippen LogP) is 4.63. The van der Waals surface area contributed by atoms with E-state index in [1.807, 2.05) is 0 Å². The number of rotatable bonds is 5. The third-order valence-electron chi connectivity index (χ3n) is 2.77. The second-order valence-corrected chi connectivity index (χ2v) is 11.0. The maximum absolute atomic E-state index is 13.2. The van der Waals surface area contributed by atoms with Crippen molar-refractivity contribution in [2.75, 3.05) is 11.7 Å². The van der Waals surface area contributed by atoms with Crippen LogP contribution in [0.25, 0.3) is 0 Å². The molecule has 2 rings (SSSR count). The zero-order chi connectivity index (χ0) is 17.3. The van der Waals surface area contributed by atoms with Gasteiger partial charge in [0.25, 0.3) is 7.37 Å². The van der Waals surface area contributed by atoms with Gasteiger partial charge in [-0.05, 0) is 18.2 Å². The molecule has 0 amide bonds. The molecule has 0 heterocycles. The molecule has 1 atom stereocenters. The van der Waals surface area contributed by atoms with Gasteiger partial charge in [-0.3, -0.25) is 4.57 Å². The minimum absolute atomic E-state index is 0.0110. The highest BCUT2D eigenvalue weighted by Gasteiger charge is 2.33. The number of sulfone groups is 1. The van der Waals surface area contributed by atoms with Crippen LogP contribution in [0.3, 0.4) is 0 Å². The van der Waals surface area contributed by atoms with Crippen LogP contribution >= 0.6 is 42.2 Å². The van der Waals surface area contributed by atoms with Crippen molar-refractivity contribution >= 4 is 57.3 Å². The summed E-state index contributed by atoms with van der Waals surface area (Å²) in [5.74, 6) is 0.0110. The fourth-order valence-electron chi connectivity index (χ4n) is 1.85. The van der Waals surface area contributed by atoms with Crippen molar-refractivity contribution in [1.82, 2.24) is 0 Å². The molecule has 0 saturated heterocycles. The lowest BCUT2D eigenvalue weighted by Gasteiger charge is -2.20. The van der Waals surface area contributed by atoms with E-state index in [2.05, 4.69) is 0 Å². The summed E-state index contributed by atoms with van der Waals surface area (Å²) in [7, 11) is -7.32. The molecule has 0 fully saturated rings. The molecule has 2 aromatic rings. The summed E-state index contributed by atoms with van der Waals surface area (Å²) in [6, 6.07) is 10.7. The molecule has 0 aliphatic rings. The highest BCUT2D eigenvalue weighted by molar-refractivity contribution is 7.99. The number of hydrogen-bond donors (Lipinski definition) is 0. The Labute approximate surface area is 149 Å². The van der Waals surface area contributed by atoms with Gasteiger partial charge in [-0.25, -0.2) is 8.42 Å². The van der Waals surface area contributed by atoms with Crippen molar-refractivity contribution in [2.24, 2.45) is 0 Å². The van der Waals surface area contributed by atoms with E-state index in [0.29, 0.717) is 0 Å². The molecule has 124 valence electrons. The molecule has 0 bridgehead atoms. The summed E-state index contributed by atoms with van der Waals surface area (Å²) in [4.78, 5) is 0. The SMILES string of the molecule is CS(=O)(=O)CP(=O)(Oc1cc(Cl)c(Cl)cc1Cl)c1ccccc1. The molecule has 9 heteroatoms. The normalized spacial score (nSPS) is 14.3. The monoisotopic (exact) mass is 412 g/mol. The molecule has 1 unspecified atom stereocenters. The molecule has 0 aromatic heterocycles. The summed E-state index contributed by atoms with van der Waals surface area (Å²) in [6.07, 6.45) is 0.988. The molecule has 0 saturated carbocycles. The topological polar surface area (TPSA) is 60.4 Å². The summed E-state index contributed by atoms with van der Waals surface area (Å²) >= 11 is 17.8. The fourth-order valence-corrected chi connectivity index (χ4v) is 6.96. The first-order chi connectivity index (χ1) is 10.6. The lowest BCUT2D eigenvalue weighted by atomic mass is 10.3. The van der Waals surface area contributed by atoms with E-state index in [1.54, 1.807) is 18.2 Å². The molecular formula is C14H12Cl3O4PS. The van der Waals surface area contributed by atoms with Crippen LogP contribution in [0.1, 0.15) is 0 Å². The minimum atomic E-state index is -3.75. The molecule has 0 aliphatic heterocycles. The zero-order valence-electron chi connectivity index (χ0n) is 11.9. The van der Waals surface area contributed by atoms with E-state index >= 15 is 0 Å². The van der Waals surface area contributed by atoms with Crippen LogP contribution in [0.15, 0.2) is 42.5 Å². The van der Waals surface area contributed by atoms with Gasteiger partial charge in [-0.15, -0.1) is 0 Å². The lowest BCUT2D eigenvalue weighted by Crippen LogP contribution is -2.17. The Morgan fingerprint density at radius 2 is 1.57 bits per heavy atom. The molecule has 0 aliphatic carbocycles. The van der Waals surface area contributed by atoms with Gasteiger partial charge in [0.05, 0.1) is 15.1 Å². The van der Waals surface area contributed by atoms with Gasteiger partial charge in [0.1, 0.15) is 11.2 Å². The molecular weight excluding hydrogens is 402 g/mol. The maximum atomic E-state index is 13.2. The zero-order valence-corrected chi connectivity index (χ0v) is 15.8. The quantitative estimate of drug-likeness (QED) is 0.529. The van der Waals surface area contributed by atoms with E-state index < -0.39 is 22.7 Å². The third kappa shape index (κ3) is 4.88. The molecule has 0 N–H and O–H groups in total. The highest BCUT2D eigenvalue weighted by atomic mass is 35.5. The van der Waals surface area contributed by atoms with Crippen LogP contribution in [-0.2, 0) is 14.4 Å². The smallest absolute Gasteiger partial charge is 0.292 e. The first-order valence-corrected chi connectivity index (χ1v) is 11.3. The van der Waals surface area contributed by atoms with Crippen molar-refractivity contribution < 1.29 is 17.5 Å². The Balaban J connectivity index is 2.52. The summed E-state index contributed by atoms with van der Waals surface area (Å²) < 4.78 is 42.1. The molecule has 4 nitrogen and oxygen atoms in total. The van der Waals surface area contributed by atoms with Crippen molar-refractivity contribution in [1.29, 1.82) is 0 Å². The Morgan fingerprint density at radius 3 is 2.13 bits per heavy atom. The average Bonchev–Trinajstić information content (AvgIpc) is 2.44. The van der Waals surface area contributed by atoms with Crippen LogP contribution in [0.4, 0.5) is 0 Å². The van der Waals surface area contributed by atoms with Crippen LogP contribution < -0.4 is 9.83 Å². The van der Waals surface area contributed by atoms with E-state index in [1.165, 1.54) is 24.3 Å². The van der Waals surface area contributed by atoms with Gasteiger partial charge in [-0.1, -0.05) is 53.0 Å². The summed E-state index contributed by atoms with van der Waals surface area (Å²) in [5.41, 5.74) is -0.652. The minimum Gasteiger partial charge on any atom is -0.438 e. The predicted molar refractivity (Wildman–Crippen MR) is 95.5 cm³/mol. The third-order valence-corrected chi connectivity index (χ3v) is 8.60. The first-order valence-electron chi connectivity index (χ1n) is 6.27. The van der Waals surface area contributed by atoms with Crippen molar-refractivity contribution in [3.05, 3.63) is 57.5 Å². The Kier molecular flexibility index (Phi) is 5.70. The molecule has 0 spiro atoms. The number of benzene rings is 2. The maximum Gasteiger partial charge on any atom is 0.292 e. The van der Waals surface area contributed by atoms with Crippen LogP contribution in [0.5, 0.6) is 5.75 Å². The summed E-state index contributed by atoms with van der Waals surface area (Å²) in [6.45, 7) is 0. The Bertz CT molecular complexity index is 869. The van der Waals surface area contributed by atoms with Crippen molar-refractivity contribution in [2.45, 2.75) is 0 Å². The molecule has 2 aromatic carbocycles. The Morgan fingerprint density at radius 1 is 1.00 bits per heavy atom. The van der Waals surface area contributed by atoms with Gasteiger partial charge < -0.3 is 4.52 Å². The first kappa shape index (κ1) is 18.6. The Hall–Kier alpha value is -0.710. The number of hydrogen-bond acceptors (Lipinski definition) is 4. The van der Waals surface area contributed by atoms with Gasteiger partial charge in [-0.2, -0.15) is 0 Å². The van der Waals surface area contributed by atoms with Gasteiger partial charge in [0.15, 0.2) is 9.84 Å². The van der Waals surface area contributed by atoms with Crippen LogP contribution in [0.2, 0.25) is 15.1 Å². The van der Waals surface area contributed by atoms with E-state index in [9.17, 15) is 13.0 Å². The molecule has 23 heavy (non-hydrogen) atoms. The second-order valence-electron chi connectivity index (χ2n) is 4.85. The van der Waals surface area contributed by atoms with Crippen LogP contribution in [0, 0.1) is 0 Å². The van der Waals surface area contributed by atoms with E-state index in [-0.39, 0.29) is 26.1 Å². The average molecular weight is 414 g/mol. The van der Waals surface area contributed by atoms with Crippen LogP contribution in [-0.4, -0.2) is 20.2 Å². The molecule has 0 radical (unpaired) electrons. The van der Waals surface area contributed by atoms with Gasteiger partial charge >= 0.3 is 0 Å². The lowest BCUT2D eigenvalue weighted by molar-refractivity contribution is 0.496. The highest BCUT2D eigenvalue weighted by Crippen LogP contribution is 2.49. The van der Waals surface area contributed by atoms with Gasteiger partial charge in [0.2, 0.25) is 0 Å². The van der Waals surface area contributed by atoms with Gasteiger partial charge in [0, 0.05) is 17.6 Å². The standard InChI is InChI=1S/C14H12Cl3O4PS/c1-23(19,20)9-22(18,10-5-3-2-4-6-10)21-14-8-12(16)11(15)7-13(14)17/h2-8H,9H2,1H3. The number of halogens is 3. The second kappa shape index (κ2) is 7.04. The fraction of sp³-hybridized carbons (Fsp3) is 0.143. The van der Waals surface area contributed by atoms with Crippen molar-refractivity contribution in [3.8, 4) is 5.75 Å². The van der Waals surface area contributed by atoms with E-state index in [4.69, 9.17) is 39.3 Å². The van der Waals surface area contributed by atoms with E-state index in [0.717, 1.165) is 6.26 Å². The summed E-state index contributed by atoms with van der Waals surface area (Å²) in [5, 5.41) is 0.725. The van der Waals surface area contributed by atoms with Crippen molar-refractivity contribution in [3.63, 3.8) is 0 Å².